The van der Waals surface area contributed by atoms with E-state index in [0.717, 1.165) is 11.1 Å². The van der Waals surface area contributed by atoms with Gasteiger partial charge in [0.1, 0.15) is 5.75 Å². The van der Waals surface area contributed by atoms with Gasteiger partial charge < -0.3 is 14.9 Å². The lowest BCUT2D eigenvalue weighted by atomic mass is 9.98. The van der Waals surface area contributed by atoms with Gasteiger partial charge in [-0.05, 0) is 35.4 Å². The Morgan fingerprint density at radius 3 is 2.38 bits per heavy atom. The Labute approximate surface area is 124 Å². The number of rotatable bonds is 5. The Hall–Kier alpha value is -2.68. The zero-order chi connectivity index (χ0) is 15.2. The van der Waals surface area contributed by atoms with Crippen LogP contribution in [0.5, 0.6) is 17.2 Å². The summed E-state index contributed by atoms with van der Waals surface area (Å²) in [5.41, 5.74) is 1.91. The summed E-state index contributed by atoms with van der Waals surface area (Å²) in [6.45, 7) is 3.83. The van der Waals surface area contributed by atoms with Gasteiger partial charge >= 0.3 is 0 Å². The minimum atomic E-state index is 0.0369. The number of aromatic hydroxyl groups is 2. The third kappa shape index (κ3) is 3.66. The summed E-state index contributed by atoms with van der Waals surface area (Å²) in [5, 5.41) is 19.1. The highest BCUT2D eigenvalue weighted by molar-refractivity contribution is 5.56. The van der Waals surface area contributed by atoms with Crippen molar-refractivity contribution in [2.75, 3.05) is 7.11 Å². The van der Waals surface area contributed by atoms with Crippen LogP contribution < -0.4 is 4.74 Å². The van der Waals surface area contributed by atoms with Crippen LogP contribution in [0.4, 0.5) is 0 Å². The molecule has 0 unspecified atom stereocenters. The van der Waals surface area contributed by atoms with E-state index in [1.165, 1.54) is 7.11 Å². The first-order chi connectivity index (χ1) is 10.1. The predicted molar refractivity (Wildman–Crippen MR) is 84.7 cm³/mol. The SMILES string of the molecule is C=C[C@@H](/C=C\c1ccc(OC)c(O)c1)c1ccc(O)cc1. The molecule has 2 N–H and O–H groups in total. The quantitative estimate of drug-likeness (QED) is 0.812. The van der Waals surface area contributed by atoms with E-state index < -0.39 is 0 Å². The Balaban J connectivity index is 2.19. The van der Waals surface area contributed by atoms with Crippen LogP contribution in [0.1, 0.15) is 17.0 Å². The average Bonchev–Trinajstić information content (AvgIpc) is 2.49. The van der Waals surface area contributed by atoms with Gasteiger partial charge in [-0.2, -0.15) is 0 Å². The molecule has 1 atom stereocenters. The molecule has 0 heterocycles. The van der Waals surface area contributed by atoms with E-state index in [1.807, 2.05) is 36.4 Å². The number of allylic oxidation sites excluding steroid dienone is 2. The Bertz CT molecular complexity index is 642. The van der Waals surface area contributed by atoms with Crippen molar-refractivity contribution in [3.8, 4) is 17.2 Å². The van der Waals surface area contributed by atoms with Gasteiger partial charge in [0.2, 0.25) is 0 Å². The lowest BCUT2D eigenvalue weighted by Crippen LogP contribution is -1.90. The molecule has 0 fully saturated rings. The molecule has 3 heteroatoms. The van der Waals surface area contributed by atoms with Crippen molar-refractivity contribution in [1.82, 2.24) is 0 Å². The van der Waals surface area contributed by atoms with Gasteiger partial charge in [-0.3, -0.25) is 0 Å². The summed E-state index contributed by atoms with van der Waals surface area (Å²) in [6.07, 6.45) is 5.73. The second-order valence-corrected chi connectivity index (χ2v) is 4.64. The lowest BCUT2D eigenvalue weighted by molar-refractivity contribution is 0.373. The third-order valence-corrected chi connectivity index (χ3v) is 3.23. The highest BCUT2D eigenvalue weighted by atomic mass is 16.5. The second kappa shape index (κ2) is 6.66. The van der Waals surface area contributed by atoms with E-state index in [-0.39, 0.29) is 17.4 Å². The fraction of sp³-hybridized carbons (Fsp3) is 0.111. The topological polar surface area (TPSA) is 49.7 Å². The smallest absolute Gasteiger partial charge is 0.160 e. The first kappa shape index (κ1) is 14.7. The molecule has 2 rings (SSSR count). The number of phenols is 2. The predicted octanol–water partition coefficient (Wildman–Crippen LogP) is 4.09. The first-order valence-corrected chi connectivity index (χ1v) is 6.60. The number of hydrogen-bond acceptors (Lipinski definition) is 3. The molecule has 3 nitrogen and oxygen atoms in total. The lowest BCUT2D eigenvalue weighted by Gasteiger charge is -2.08. The van der Waals surface area contributed by atoms with Crippen molar-refractivity contribution < 1.29 is 14.9 Å². The number of ether oxygens (including phenoxy) is 1. The van der Waals surface area contributed by atoms with Crippen molar-refractivity contribution in [3.63, 3.8) is 0 Å². The third-order valence-electron chi connectivity index (χ3n) is 3.23. The zero-order valence-electron chi connectivity index (χ0n) is 11.9. The van der Waals surface area contributed by atoms with Gasteiger partial charge in [-0.25, -0.2) is 0 Å². The van der Waals surface area contributed by atoms with E-state index >= 15 is 0 Å². The molecule has 0 saturated heterocycles. The van der Waals surface area contributed by atoms with E-state index in [1.54, 1.807) is 24.3 Å². The number of methoxy groups -OCH3 is 1. The summed E-state index contributed by atoms with van der Waals surface area (Å²) in [6, 6.07) is 12.3. The monoisotopic (exact) mass is 282 g/mol. The summed E-state index contributed by atoms with van der Waals surface area (Å²) < 4.78 is 5.01. The Morgan fingerprint density at radius 2 is 1.81 bits per heavy atom. The Kier molecular flexibility index (Phi) is 4.67. The molecule has 0 bridgehead atoms. The molecular weight excluding hydrogens is 264 g/mol. The van der Waals surface area contributed by atoms with Crippen LogP contribution >= 0.6 is 0 Å². The highest BCUT2D eigenvalue weighted by Crippen LogP contribution is 2.28. The maximum atomic E-state index is 9.75. The summed E-state index contributed by atoms with van der Waals surface area (Å²) in [7, 11) is 1.52. The summed E-state index contributed by atoms with van der Waals surface area (Å²) in [4.78, 5) is 0. The fourth-order valence-corrected chi connectivity index (χ4v) is 2.05. The first-order valence-electron chi connectivity index (χ1n) is 6.60. The van der Waals surface area contributed by atoms with E-state index in [4.69, 9.17) is 4.74 Å². The van der Waals surface area contributed by atoms with Crippen molar-refractivity contribution >= 4 is 6.08 Å². The molecule has 0 saturated carbocycles. The zero-order valence-corrected chi connectivity index (χ0v) is 11.9. The fourth-order valence-electron chi connectivity index (χ4n) is 2.05. The molecule has 2 aromatic rings. The molecule has 0 amide bonds. The van der Waals surface area contributed by atoms with Gasteiger partial charge in [0.25, 0.3) is 0 Å². The molecule has 108 valence electrons. The van der Waals surface area contributed by atoms with Crippen LogP contribution in [-0.4, -0.2) is 17.3 Å². The molecule has 0 aromatic heterocycles. The van der Waals surface area contributed by atoms with Crippen molar-refractivity contribution in [2.24, 2.45) is 0 Å². The minimum absolute atomic E-state index is 0.0369. The van der Waals surface area contributed by atoms with Gasteiger partial charge in [0, 0.05) is 5.92 Å². The van der Waals surface area contributed by atoms with E-state index in [2.05, 4.69) is 6.58 Å². The van der Waals surface area contributed by atoms with Gasteiger partial charge in [-0.15, -0.1) is 6.58 Å². The largest absolute Gasteiger partial charge is 0.508 e. The highest BCUT2D eigenvalue weighted by Gasteiger charge is 2.04. The average molecular weight is 282 g/mol. The van der Waals surface area contributed by atoms with Crippen molar-refractivity contribution in [3.05, 3.63) is 72.3 Å². The van der Waals surface area contributed by atoms with Crippen molar-refractivity contribution in [1.29, 1.82) is 0 Å². The molecule has 0 aliphatic carbocycles. The summed E-state index contributed by atoms with van der Waals surface area (Å²) in [5.74, 6) is 0.839. The molecular formula is C18H18O3. The molecule has 0 aliphatic rings. The van der Waals surface area contributed by atoms with Crippen LogP contribution in [-0.2, 0) is 0 Å². The van der Waals surface area contributed by atoms with Crippen LogP contribution in [0.2, 0.25) is 0 Å². The molecule has 2 aromatic carbocycles. The van der Waals surface area contributed by atoms with Crippen LogP contribution in [0, 0.1) is 0 Å². The van der Waals surface area contributed by atoms with Gasteiger partial charge in [-0.1, -0.05) is 36.4 Å². The molecule has 0 spiro atoms. The standard InChI is InChI=1S/C18H18O3/c1-3-14(15-7-9-16(19)10-8-15)6-4-13-5-11-18(21-2)17(20)12-13/h3-12,14,19-20H,1H2,2H3/b6-4-/t14-/m0/s1. The molecule has 0 radical (unpaired) electrons. The van der Waals surface area contributed by atoms with Gasteiger partial charge in [0.15, 0.2) is 11.5 Å². The van der Waals surface area contributed by atoms with Crippen LogP contribution in [0.3, 0.4) is 0 Å². The number of phenolic OH excluding ortho intramolecular Hbond substituents is 2. The second-order valence-electron chi connectivity index (χ2n) is 4.64. The van der Waals surface area contributed by atoms with Crippen LogP contribution in [0.25, 0.3) is 6.08 Å². The van der Waals surface area contributed by atoms with E-state index in [0.29, 0.717) is 5.75 Å². The van der Waals surface area contributed by atoms with E-state index in [9.17, 15) is 10.2 Å². The Morgan fingerprint density at radius 1 is 1.10 bits per heavy atom. The summed E-state index contributed by atoms with van der Waals surface area (Å²) >= 11 is 0. The van der Waals surface area contributed by atoms with Crippen molar-refractivity contribution in [2.45, 2.75) is 5.92 Å². The van der Waals surface area contributed by atoms with Crippen LogP contribution in [0.15, 0.2) is 61.2 Å². The minimum Gasteiger partial charge on any atom is -0.508 e. The maximum absolute atomic E-state index is 9.75. The number of benzene rings is 2. The molecule has 0 aliphatic heterocycles. The maximum Gasteiger partial charge on any atom is 0.160 e. The van der Waals surface area contributed by atoms with Gasteiger partial charge in [0.05, 0.1) is 7.11 Å². The number of hydrogen-bond donors (Lipinski definition) is 2. The normalized spacial score (nSPS) is 12.2. The molecule has 21 heavy (non-hydrogen) atoms.